The number of rotatable bonds is 3. The predicted octanol–water partition coefficient (Wildman–Crippen LogP) is 0.380. The first kappa shape index (κ1) is 10.7. The molecular weight excluding hydrogens is 222 g/mol. The minimum absolute atomic E-state index is 0.118. The van der Waals surface area contributed by atoms with Crippen molar-refractivity contribution in [3.63, 3.8) is 0 Å². The van der Waals surface area contributed by atoms with E-state index in [0.717, 1.165) is 18.5 Å². The number of ether oxygens (including phenoxy) is 1. The maximum Gasteiger partial charge on any atom is 0.312 e. The monoisotopic (exact) mass is 237 g/mol. The summed E-state index contributed by atoms with van der Waals surface area (Å²) in [6.45, 7) is 0. The summed E-state index contributed by atoms with van der Waals surface area (Å²) in [4.78, 5) is 11.6. The molecule has 0 aliphatic carbocycles. The maximum absolute atomic E-state index is 11.6. The van der Waals surface area contributed by atoms with Crippen LogP contribution in [-0.2, 0) is 23.0 Å². The summed E-state index contributed by atoms with van der Waals surface area (Å²) in [5.74, 6) is -0.768. The number of hydrogen-bond donors (Lipinski definition) is 1. The van der Waals surface area contributed by atoms with E-state index in [1.807, 2.05) is 0 Å². The van der Waals surface area contributed by atoms with Crippen molar-refractivity contribution in [3.8, 4) is 0 Å². The third-order valence-corrected chi connectivity index (χ3v) is 3.89. The zero-order chi connectivity index (χ0) is 12.0. The molecule has 2 aliphatic rings. The molecule has 3 rings (SSSR count). The fourth-order valence-corrected chi connectivity index (χ4v) is 3.09. The normalized spacial score (nSPS) is 35.4. The Morgan fingerprint density at radius 3 is 3.00 bits per heavy atom. The molecule has 0 spiro atoms. The number of nitrogens with zero attached hydrogens (tertiary/aromatic N) is 3. The third kappa shape index (κ3) is 1.55. The van der Waals surface area contributed by atoms with Gasteiger partial charge in [0.15, 0.2) is 0 Å². The Labute approximate surface area is 98.6 Å². The molecule has 3 heterocycles. The lowest BCUT2D eigenvalue weighted by Gasteiger charge is -2.29. The Kier molecular flexibility index (Phi) is 2.22. The van der Waals surface area contributed by atoms with E-state index in [0.29, 0.717) is 12.8 Å². The third-order valence-electron chi connectivity index (χ3n) is 3.89. The Morgan fingerprint density at radius 1 is 1.71 bits per heavy atom. The number of aliphatic carboxylic acids is 1. The van der Waals surface area contributed by atoms with Crippen molar-refractivity contribution in [3.05, 3.63) is 11.9 Å². The summed E-state index contributed by atoms with van der Waals surface area (Å²) in [5, 5.41) is 17.3. The van der Waals surface area contributed by atoms with Gasteiger partial charge in [0.1, 0.15) is 5.41 Å². The van der Waals surface area contributed by atoms with Crippen LogP contribution in [0.1, 0.15) is 25.0 Å². The molecule has 6 nitrogen and oxygen atoms in total. The molecule has 17 heavy (non-hydrogen) atoms. The van der Waals surface area contributed by atoms with Gasteiger partial charge in [0.2, 0.25) is 0 Å². The van der Waals surface area contributed by atoms with Crippen LogP contribution in [0.2, 0.25) is 0 Å². The fourth-order valence-electron chi connectivity index (χ4n) is 3.09. The van der Waals surface area contributed by atoms with Crippen LogP contribution >= 0.6 is 0 Å². The summed E-state index contributed by atoms with van der Waals surface area (Å²) in [6, 6.07) is 0. The van der Waals surface area contributed by atoms with Crippen LogP contribution in [0.5, 0.6) is 0 Å². The van der Waals surface area contributed by atoms with Crippen molar-refractivity contribution in [1.29, 1.82) is 0 Å². The second-order valence-electron chi connectivity index (χ2n) is 5.05. The molecule has 1 aromatic rings. The minimum Gasteiger partial charge on any atom is -0.481 e. The van der Waals surface area contributed by atoms with Gasteiger partial charge in [0.25, 0.3) is 0 Å². The lowest BCUT2D eigenvalue weighted by molar-refractivity contribution is -0.152. The minimum atomic E-state index is -0.793. The molecule has 2 fully saturated rings. The van der Waals surface area contributed by atoms with E-state index < -0.39 is 11.4 Å². The molecule has 0 radical (unpaired) electrons. The van der Waals surface area contributed by atoms with Gasteiger partial charge >= 0.3 is 5.97 Å². The number of carboxylic acid groups (broad SMARTS) is 1. The number of hydrogen-bond acceptors (Lipinski definition) is 4. The van der Waals surface area contributed by atoms with E-state index in [4.69, 9.17) is 4.74 Å². The van der Waals surface area contributed by atoms with Crippen LogP contribution in [-0.4, -0.2) is 38.3 Å². The number of carboxylic acids is 1. The first-order chi connectivity index (χ1) is 8.10. The van der Waals surface area contributed by atoms with Crippen molar-refractivity contribution in [1.82, 2.24) is 15.0 Å². The summed E-state index contributed by atoms with van der Waals surface area (Å²) < 4.78 is 7.29. The molecule has 2 aliphatic heterocycles. The first-order valence-corrected chi connectivity index (χ1v) is 5.84. The maximum atomic E-state index is 11.6. The smallest absolute Gasteiger partial charge is 0.312 e. The largest absolute Gasteiger partial charge is 0.481 e. The molecule has 2 saturated heterocycles. The quantitative estimate of drug-likeness (QED) is 0.822. The Morgan fingerprint density at radius 2 is 2.53 bits per heavy atom. The van der Waals surface area contributed by atoms with Gasteiger partial charge in [-0.1, -0.05) is 5.21 Å². The SMILES string of the molecule is Cn1cc(CC2(C(=O)O)CC3CCC2O3)nn1. The van der Waals surface area contributed by atoms with Crippen LogP contribution in [0.4, 0.5) is 0 Å². The second kappa shape index (κ2) is 3.53. The average Bonchev–Trinajstić information content (AvgIpc) is 2.94. The van der Waals surface area contributed by atoms with Crippen LogP contribution in [0.25, 0.3) is 0 Å². The van der Waals surface area contributed by atoms with E-state index in [1.54, 1.807) is 17.9 Å². The predicted molar refractivity (Wildman–Crippen MR) is 57.3 cm³/mol. The lowest BCUT2D eigenvalue weighted by atomic mass is 9.71. The van der Waals surface area contributed by atoms with E-state index in [1.165, 1.54) is 0 Å². The summed E-state index contributed by atoms with van der Waals surface area (Å²) in [5.41, 5.74) is -0.0649. The van der Waals surface area contributed by atoms with Crippen LogP contribution in [0, 0.1) is 5.41 Å². The molecule has 1 N–H and O–H groups in total. The molecule has 6 heteroatoms. The molecular formula is C11H15N3O3. The standard InChI is InChI=1S/C11H15N3O3/c1-14-6-7(12-13-14)4-11(10(15)16)5-8-2-3-9(11)17-8/h6,8-9H,2-5H2,1H3,(H,15,16). The van der Waals surface area contributed by atoms with Crippen molar-refractivity contribution in [2.75, 3.05) is 0 Å². The van der Waals surface area contributed by atoms with Gasteiger partial charge in [-0.25, -0.2) is 0 Å². The topological polar surface area (TPSA) is 77.2 Å². The highest BCUT2D eigenvalue weighted by Crippen LogP contribution is 2.49. The summed E-state index contributed by atoms with van der Waals surface area (Å²) in [6.07, 6.45) is 4.58. The second-order valence-corrected chi connectivity index (χ2v) is 5.05. The van der Waals surface area contributed by atoms with Gasteiger partial charge in [0.05, 0.1) is 17.9 Å². The van der Waals surface area contributed by atoms with E-state index in [9.17, 15) is 9.90 Å². The fraction of sp³-hybridized carbons (Fsp3) is 0.727. The van der Waals surface area contributed by atoms with Crippen molar-refractivity contribution >= 4 is 5.97 Å². The number of fused-ring (bicyclic) bond motifs is 2. The molecule has 3 atom stereocenters. The molecule has 2 bridgehead atoms. The van der Waals surface area contributed by atoms with Crippen molar-refractivity contribution in [2.45, 2.75) is 37.9 Å². The van der Waals surface area contributed by atoms with Crippen molar-refractivity contribution < 1.29 is 14.6 Å². The highest BCUT2D eigenvalue weighted by molar-refractivity contribution is 5.76. The van der Waals surface area contributed by atoms with E-state index >= 15 is 0 Å². The Balaban J connectivity index is 1.89. The highest BCUT2D eigenvalue weighted by Gasteiger charge is 2.57. The van der Waals surface area contributed by atoms with Gasteiger partial charge in [-0.15, -0.1) is 5.10 Å². The molecule has 0 saturated carbocycles. The van der Waals surface area contributed by atoms with Crippen LogP contribution in [0.3, 0.4) is 0 Å². The van der Waals surface area contributed by atoms with Gasteiger partial charge < -0.3 is 9.84 Å². The molecule has 3 unspecified atom stereocenters. The van der Waals surface area contributed by atoms with E-state index in [2.05, 4.69) is 10.3 Å². The summed E-state index contributed by atoms with van der Waals surface area (Å²) >= 11 is 0. The molecule has 1 aromatic heterocycles. The molecule has 92 valence electrons. The zero-order valence-electron chi connectivity index (χ0n) is 9.67. The first-order valence-electron chi connectivity index (χ1n) is 5.84. The van der Waals surface area contributed by atoms with Crippen molar-refractivity contribution in [2.24, 2.45) is 12.5 Å². The summed E-state index contributed by atoms with van der Waals surface area (Å²) in [7, 11) is 1.78. The lowest BCUT2D eigenvalue weighted by Crippen LogP contribution is -2.42. The highest BCUT2D eigenvalue weighted by atomic mass is 16.5. The van der Waals surface area contributed by atoms with Gasteiger partial charge in [-0.3, -0.25) is 9.48 Å². The van der Waals surface area contributed by atoms with Gasteiger partial charge in [0, 0.05) is 19.7 Å². The Hall–Kier alpha value is -1.43. The number of aryl methyl sites for hydroxylation is 1. The number of aromatic nitrogens is 3. The Bertz CT molecular complexity index is 459. The van der Waals surface area contributed by atoms with Gasteiger partial charge in [-0.2, -0.15) is 0 Å². The number of carbonyl (C=O) groups is 1. The van der Waals surface area contributed by atoms with Crippen LogP contribution < -0.4 is 0 Å². The molecule has 0 aromatic carbocycles. The van der Waals surface area contributed by atoms with Gasteiger partial charge in [-0.05, 0) is 19.3 Å². The van der Waals surface area contributed by atoms with E-state index in [-0.39, 0.29) is 12.2 Å². The average molecular weight is 237 g/mol. The zero-order valence-corrected chi connectivity index (χ0v) is 9.67. The molecule has 0 amide bonds. The van der Waals surface area contributed by atoms with Crippen LogP contribution in [0.15, 0.2) is 6.20 Å².